The maximum Gasteiger partial charge on any atom is 0.387 e. The van der Waals surface area contributed by atoms with Crippen LogP contribution in [0.5, 0.6) is 5.75 Å². The number of hydrogen-bond acceptors (Lipinski definition) is 4. The lowest BCUT2D eigenvalue weighted by atomic mass is 10.1. The lowest BCUT2D eigenvalue weighted by Crippen LogP contribution is -2.32. The second kappa shape index (κ2) is 6.01. The first-order chi connectivity index (χ1) is 8.75. The molecule has 1 aromatic carbocycles. The van der Waals surface area contributed by atoms with E-state index in [0.29, 0.717) is 12.2 Å². The Balaban J connectivity index is 2.89. The molecule has 0 saturated carbocycles. The Kier molecular flexibility index (Phi) is 4.88. The van der Waals surface area contributed by atoms with E-state index >= 15 is 0 Å². The maximum absolute atomic E-state index is 13.3. The average molecular weight is 278 g/mol. The van der Waals surface area contributed by atoms with E-state index < -0.39 is 23.8 Å². The summed E-state index contributed by atoms with van der Waals surface area (Å²) in [5.41, 5.74) is 5.53. The molecule has 3 N–H and O–H groups in total. The van der Waals surface area contributed by atoms with Crippen LogP contribution >= 0.6 is 0 Å². The molecule has 0 radical (unpaired) electrons. The van der Waals surface area contributed by atoms with E-state index in [2.05, 4.69) is 10.1 Å². The Labute approximate surface area is 109 Å². The molecule has 19 heavy (non-hydrogen) atoms. The van der Waals surface area contributed by atoms with Gasteiger partial charge in [-0.1, -0.05) is 0 Å². The third-order valence-electron chi connectivity index (χ3n) is 2.58. The Morgan fingerprint density at radius 1 is 1.37 bits per heavy atom. The Morgan fingerprint density at radius 3 is 2.53 bits per heavy atom. The number of methoxy groups -OCH3 is 1. The van der Waals surface area contributed by atoms with Crippen LogP contribution in [0.25, 0.3) is 0 Å². The van der Waals surface area contributed by atoms with Crippen molar-refractivity contribution in [3.8, 4) is 5.75 Å². The van der Waals surface area contributed by atoms with Gasteiger partial charge in [0.25, 0.3) is 0 Å². The summed E-state index contributed by atoms with van der Waals surface area (Å²) in [6.45, 7) is 0.932. The smallest absolute Gasteiger partial charge is 0.387 e. The van der Waals surface area contributed by atoms with Crippen LogP contribution in [0.4, 0.5) is 24.5 Å². The van der Waals surface area contributed by atoms with E-state index in [-0.39, 0.29) is 5.69 Å². The fraction of sp³-hybridized carbons (Fsp3) is 0.500. The third kappa shape index (κ3) is 4.51. The van der Waals surface area contributed by atoms with Crippen LogP contribution in [0.1, 0.15) is 13.8 Å². The first-order valence-corrected chi connectivity index (χ1v) is 5.58. The highest BCUT2D eigenvalue weighted by molar-refractivity contribution is 5.68. The zero-order chi connectivity index (χ0) is 14.6. The summed E-state index contributed by atoms with van der Waals surface area (Å²) in [4.78, 5) is 0. The number of ether oxygens (including phenoxy) is 2. The van der Waals surface area contributed by atoms with Crippen molar-refractivity contribution in [3.63, 3.8) is 0 Å². The summed E-state index contributed by atoms with van der Waals surface area (Å²) in [6.07, 6.45) is 0. The summed E-state index contributed by atoms with van der Waals surface area (Å²) in [7, 11) is 1.54. The molecule has 0 aliphatic heterocycles. The lowest BCUT2D eigenvalue weighted by Gasteiger charge is -2.24. The maximum atomic E-state index is 13.3. The van der Waals surface area contributed by atoms with Crippen LogP contribution < -0.4 is 15.8 Å². The SMILES string of the molecule is COC(C)(C)CNc1cc(OC(F)F)c(F)cc1N. The monoisotopic (exact) mass is 278 g/mol. The molecule has 4 nitrogen and oxygen atoms in total. The van der Waals surface area contributed by atoms with Crippen LogP contribution in [0, 0.1) is 5.82 Å². The largest absolute Gasteiger partial charge is 0.432 e. The first kappa shape index (κ1) is 15.4. The van der Waals surface area contributed by atoms with E-state index in [4.69, 9.17) is 10.5 Å². The van der Waals surface area contributed by atoms with Gasteiger partial charge in [0.15, 0.2) is 11.6 Å². The van der Waals surface area contributed by atoms with E-state index in [0.717, 1.165) is 12.1 Å². The summed E-state index contributed by atoms with van der Waals surface area (Å²) in [5.74, 6) is -1.49. The quantitative estimate of drug-likeness (QED) is 0.786. The van der Waals surface area contributed by atoms with Gasteiger partial charge in [-0.25, -0.2) is 4.39 Å². The number of hydrogen-bond donors (Lipinski definition) is 2. The van der Waals surface area contributed by atoms with Crippen LogP contribution in [0.3, 0.4) is 0 Å². The average Bonchev–Trinajstić information content (AvgIpc) is 2.30. The van der Waals surface area contributed by atoms with Crippen molar-refractivity contribution in [1.29, 1.82) is 0 Å². The molecule has 1 aromatic rings. The van der Waals surface area contributed by atoms with Gasteiger partial charge in [0.05, 0.1) is 17.0 Å². The third-order valence-corrected chi connectivity index (χ3v) is 2.58. The van der Waals surface area contributed by atoms with Crippen LogP contribution in [-0.2, 0) is 4.74 Å². The fourth-order valence-corrected chi connectivity index (χ4v) is 1.29. The summed E-state index contributed by atoms with van der Waals surface area (Å²) in [6, 6.07) is 2.03. The summed E-state index contributed by atoms with van der Waals surface area (Å²) >= 11 is 0. The van der Waals surface area contributed by atoms with Crippen LogP contribution in [0.2, 0.25) is 0 Å². The van der Waals surface area contributed by atoms with Gasteiger partial charge in [-0.2, -0.15) is 8.78 Å². The summed E-state index contributed by atoms with van der Waals surface area (Å²) in [5, 5.41) is 2.90. The Hall–Kier alpha value is -1.63. The molecule has 0 saturated heterocycles. The minimum Gasteiger partial charge on any atom is -0.432 e. The second-order valence-electron chi connectivity index (χ2n) is 4.57. The molecule has 0 amide bonds. The lowest BCUT2D eigenvalue weighted by molar-refractivity contribution is -0.0521. The Morgan fingerprint density at radius 2 is 2.00 bits per heavy atom. The van der Waals surface area contributed by atoms with Gasteiger partial charge in [0, 0.05) is 25.8 Å². The number of nitrogens with one attached hydrogen (secondary N) is 1. The van der Waals surface area contributed by atoms with E-state index in [9.17, 15) is 13.2 Å². The molecule has 0 aliphatic rings. The topological polar surface area (TPSA) is 56.5 Å². The number of anilines is 2. The van der Waals surface area contributed by atoms with Gasteiger partial charge in [-0.15, -0.1) is 0 Å². The highest BCUT2D eigenvalue weighted by atomic mass is 19.3. The van der Waals surface area contributed by atoms with Gasteiger partial charge >= 0.3 is 6.61 Å². The minimum atomic E-state index is -3.10. The number of alkyl halides is 2. The molecule has 0 bridgehead atoms. The van der Waals surface area contributed by atoms with Crippen LogP contribution in [0.15, 0.2) is 12.1 Å². The molecule has 7 heteroatoms. The van der Waals surface area contributed by atoms with Gasteiger partial charge in [0.2, 0.25) is 0 Å². The number of halogens is 3. The number of nitrogen functional groups attached to an aromatic ring is 1. The molecule has 0 heterocycles. The highest BCUT2D eigenvalue weighted by Crippen LogP contribution is 2.29. The molecule has 0 spiro atoms. The standard InChI is InChI=1S/C12H17F3N2O2/c1-12(2,18-3)6-17-9-5-10(19-11(14)15)7(13)4-8(9)16/h4-5,11,17H,6,16H2,1-3H3. The number of benzene rings is 1. The van der Waals surface area contributed by atoms with E-state index in [1.165, 1.54) is 0 Å². The van der Waals surface area contributed by atoms with Crippen molar-refractivity contribution in [3.05, 3.63) is 17.9 Å². The van der Waals surface area contributed by atoms with E-state index in [1.807, 2.05) is 13.8 Å². The molecule has 108 valence electrons. The highest BCUT2D eigenvalue weighted by Gasteiger charge is 2.18. The molecule has 0 aliphatic carbocycles. The van der Waals surface area contributed by atoms with Crippen molar-refractivity contribution in [2.24, 2.45) is 0 Å². The minimum absolute atomic E-state index is 0.103. The van der Waals surface area contributed by atoms with Gasteiger partial charge in [0.1, 0.15) is 0 Å². The number of rotatable bonds is 6. The molecular weight excluding hydrogens is 261 g/mol. The number of nitrogens with two attached hydrogens (primary N) is 1. The van der Waals surface area contributed by atoms with Crippen molar-refractivity contribution in [2.75, 3.05) is 24.7 Å². The Bertz CT molecular complexity index is 439. The van der Waals surface area contributed by atoms with Crippen molar-refractivity contribution in [1.82, 2.24) is 0 Å². The van der Waals surface area contributed by atoms with Crippen molar-refractivity contribution in [2.45, 2.75) is 26.1 Å². The molecule has 0 fully saturated rings. The second-order valence-corrected chi connectivity index (χ2v) is 4.57. The zero-order valence-corrected chi connectivity index (χ0v) is 11.0. The summed E-state index contributed by atoms with van der Waals surface area (Å²) < 4.78 is 46.8. The fourth-order valence-electron chi connectivity index (χ4n) is 1.29. The first-order valence-electron chi connectivity index (χ1n) is 5.58. The molecule has 0 atom stereocenters. The predicted octanol–water partition coefficient (Wildman–Crippen LogP) is 2.85. The normalized spacial score (nSPS) is 11.7. The molecule has 0 aromatic heterocycles. The molecule has 0 unspecified atom stereocenters. The van der Waals surface area contributed by atoms with Gasteiger partial charge < -0.3 is 20.5 Å². The molecule has 1 rings (SSSR count). The van der Waals surface area contributed by atoms with Crippen LogP contribution in [-0.4, -0.2) is 25.9 Å². The zero-order valence-electron chi connectivity index (χ0n) is 11.0. The van der Waals surface area contributed by atoms with Crippen molar-refractivity contribution < 1.29 is 22.6 Å². The predicted molar refractivity (Wildman–Crippen MR) is 67.0 cm³/mol. The van der Waals surface area contributed by atoms with Gasteiger partial charge in [-0.05, 0) is 13.8 Å². The van der Waals surface area contributed by atoms with E-state index in [1.54, 1.807) is 7.11 Å². The van der Waals surface area contributed by atoms with Crippen molar-refractivity contribution >= 4 is 11.4 Å². The molecular formula is C12H17F3N2O2. The van der Waals surface area contributed by atoms with Gasteiger partial charge in [-0.3, -0.25) is 0 Å².